The van der Waals surface area contributed by atoms with E-state index in [0.717, 1.165) is 53.7 Å². The van der Waals surface area contributed by atoms with E-state index >= 15 is 0 Å². The van der Waals surface area contributed by atoms with Crippen molar-refractivity contribution in [3.8, 4) is 0 Å². The zero-order valence-electron chi connectivity index (χ0n) is 17.6. The van der Waals surface area contributed by atoms with Gasteiger partial charge in [-0.25, -0.2) is 14.4 Å². The van der Waals surface area contributed by atoms with E-state index in [0.29, 0.717) is 24.8 Å². The topological polar surface area (TPSA) is 69.7 Å². The first-order chi connectivity index (χ1) is 15.6. The van der Waals surface area contributed by atoms with Crippen LogP contribution in [-0.2, 0) is 11.3 Å². The molecule has 1 N–H and O–H groups in total. The molecular weight excluding hydrogens is 477 g/mol. The van der Waals surface area contributed by atoms with Gasteiger partial charge in [0.1, 0.15) is 17.5 Å². The van der Waals surface area contributed by atoms with E-state index in [1.165, 1.54) is 6.07 Å². The van der Waals surface area contributed by atoms with Crippen LogP contribution in [0.2, 0.25) is 0 Å². The Balaban J connectivity index is 1.30. The van der Waals surface area contributed by atoms with Gasteiger partial charge in [-0.1, -0.05) is 15.9 Å². The van der Waals surface area contributed by atoms with Crippen LogP contribution in [0.4, 0.5) is 33.3 Å². The highest BCUT2D eigenvalue weighted by Gasteiger charge is 2.24. The summed E-state index contributed by atoms with van der Waals surface area (Å²) in [5.41, 5.74) is 2.31. The third-order valence-electron chi connectivity index (χ3n) is 5.54. The largest absolute Gasteiger partial charge is 0.378 e. The van der Waals surface area contributed by atoms with E-state index in [9.17, 15) is 4.39 Å². The van der Waals surface area contributed by atoms with Gasteiger partial charge in [-0.05, 0) is 30.3 Å². The summed E-state index contributed by atoms with van der Waals surface area (Å²) in [6.07, 6.45) is 3.58. The number of morpholine rings is 1. The quantitative estimate of drug-likeness (QED) is 0.581. The lowest BCUT2D eigenvalue weighted by Gasteiger charge is -2.36. The maximum atomic E-state index is 14.4. The van der Waals surface area contributed by atoms with E-state index in [4.69, 9.17) is 4.74 Å². The van der Waals surface area contributed by atoms with E-state index in [-0.39, 0.29) is 5.82 Å². The van der Waals surface area contributed by atoms with Crippen molar-refractivity contribution in [2.45, 2.75) is 6.54 Å². The van der Waals surface area contributed by atoms with Crippen LogP contribution < -0.4 is 20.0 Å². The van der Waals surface area contributed by atoms with E-state index in [1.54, 1.807) is 18.5 Å². The monoisotopic (exact) mass is 499 g/mol. The number of nitrogens with one attached hydrogen (secondary N) is 1. The molecular formula is C22H23BrFN7O. The smallest absolute Gasteiger partial charge is 0.229 e. The summed E-state index contributed by atoms with van der Waals surface area (Å²) >= 11 is 3.31. The van der Waals surface area contributed by atoms with Crippen molar-refractivity contribution in [2.75, 3.05) is 60.0 Å². The molecule has 1 saturated heterocycles. The molecule has 0 unspecified atom stereocenters. The van der Waals surface area contributed by atoms with Crippen LogP contribution in [0.5, 0.6) is 0 Å². The summed E-state index contributed by atoms with van der Waals surface area (Å²) in [7, 11) is 1.94. The van der Waals surface area contributed by atoms with Gasteiger partial charge in [0.25, 0.3) is 0 Å². The Kier molecular flexibility index (Phi) is 5.79. The number of hydrogen-bond acceptors (Lipinski definition) is 8. The van der Waals surface area contributed by atoms with Crippen LogP contribution in [0.25, 0.3) is 0 Å². The first kappa shape index (κ1) is 20.9. The molecule has 0 amide bonds. The van der Waals surface area contributed by atoms with Crippen LogP contribution >= 0.6 is 15.9 Å². The van der Waals surface area contributed by atoms with Gasteiger partial charge in [0, 0.05) is 42.9 Å². The number of benzene rings is 1. The molecule has 0 atom stereocenters. The lowest BCUT2D eigenvalue weighted by molar-refractivity contribution is 0.122. The van der Waals surface area contributed by atoms with Crippen molar-refractivity contribution in [2.24, 2.45) is 0 Å². The first-order valence-electron chi connectivity index (χ1n) is 10.4. The van der Waals surface area contributed by atoms with Gasteiger partial charge in [0.15, 0.2) is 0 Å². The Morgan fingerprint density at radius 3 is 2.66 bits per heavy atom. The van der Waals surface area contributed by atoms with Crippen LogP contribution in [0.15, 0.2) is 47.2 Å². The van der Waals surface area contributed by atoms with Crippen molar-refractivity contribution >= 4 is 44.9 Å². The minimum atomic E-state index is -0.261. The molecule has 0 radical (unpaired) electrons. The number of halogens is 2. The molecule has 2 aromatic heterocycles. The molecule has 2 aliphatic heterocycles. The number of rotatable bonds is 4. The average molecular weight is 500 g/mol. The number of ether oxygens (including phenoxy) is 1. The van der Waals surface area contributed by atoms with Gasteiger partial charge in [0.05, 0.1) is 37.5 Å². The fraction of sp³-hybridized carbons (Fsp3) is 0.318. The molecule has 0 bridgehead atoms. The van der Waals surface area contributed by atoms with Gasteiger partial charge in [-0.15, -0.1) is 0 Å². The van der Waals surface area contributed by atoms with Crippen molar-refractivity contribution in [3.05, 3.63) is 58.6 Å². The van der Waals surface area contributed by atoms with Gasteiger partial charge >= 0.3 is 0 Å². The molecule has 166 valence electrons. The molecule has 3 aromatic rings. The Morgan fingerprint density at radius 2 is 1.91 bits per heavy atom. The average Bonchev–Trinajstić information content (AvgIpc) is 2.80. The number of anilines is 5. The third kappa shape index (κ3) is 4.33. The Morgan fingerprint density at radius 1 is 1.06 bits per heavy atom. The Hall–Kier alpha value is -2.98. The number of nitrogens with zero attached hydrogens (tertiary/aromatic N) is 6. The summed E-state index contributed by atoms with van der Waals surface area (Å²) in [6.45, 7) is 4.21. The molecule has 4 heterocycles. The van der Waals surface area contributed by atoms with Crippen molar-refractivity contribution < 1.29 is 9.13 Å². The van der Waals surface area contributed by atoms with Crippen LogP contribution in [0.3, 0.4) is 0 Å². The molecule has 5 rings (SSSR count). The van der Waals surface area contributed by atoms with Gasteiger partial charge in [-0.3, -0.25) is 0 Å². The maximum Gasteiger partial charge on any atom is 0.229 e. The second-order valence-corrected chi connectivity index (χ2v) is 8.72. The molecule has 32 heavy (non-hydrogen) atoms. The fourth-order valence-electron chi connectivity index (χ4n) is 3.95. The standard InChI is InChI=1S/C22H23BrFN7O/c1-29-14-31(19-4-2-16(23)10-18(19)24)13-15-11-26-22(28-21(15)29)27-17-3-5-20(25-12-17)30-6-8-32-9-7-30/h2-5,10-12H,6-9,13-14H2,1H3,(H,26,27,28). The summed E-state index contributed by atoms with van der Waals surface area (Å²) < 4.78 is 20.6. The lowest BCUT2D eigenvalue weighted by Crippen LogP contribution is -2.41. The summed E-state index contributed by atoms with van der Waals surface area (Å²) in [6, 6.07) is 9.07. The Labute approximate surface area is 194 Å². The van der Waals surface area contributed by atoms with Crippen molar-refractivity contribution in [1.29, 1.82) is 0 Å². The predicted molar refractivity (Wildman–Crippen MR) is 126 cm³/mol. The van der Waals surface area contributed by atoms with Gasteiger partial charge in [-0.2, -0.15) is 4.98 Å². The highest BCUT2D eigenvalue weighted by molar-refractivity contribution is 9.10. The lowest BCUT2D eigenvalue weighted by atomic mass is 10.2. The Bertz CT molecular complexity index is 1110. The van der Waals surface area contributed by atoms with Crippen molar-refractivity contribution in [1.82, 2.24) is 15.0 Å². The molecule has 8 nitrogen and oxygen atoms in total. The first-order valence-corrected chi connectivity index (χ1v) is 11.2. The predicted octanol–water partition coefficient (Wildman–Crippen LogP) is 3.77. The summed E-state index contributed by atoms with van der Waals surface area (Å²) in [5.74, 6) is 2.00. The van der Waals surface area contributed by atoms with Crippen LogP contribution in [-0.4, -0.2) is 55.0 Å². The summed E-state index contributed by atoms with van der Waals surface area (Å²) in [5, 5.41) is 3.23. The normalized spacial score (nSPS) is 16.2. The minimum absolute atomic E-state index is 0.261. The molecule has 1 fully saturated rings. The number of fused-ring (bicyclic) bond motifs is 1. The number of hydrogen-bond donors (Lipinski definition) is 1. The summed E-state index contributed by atoms with van der Waals surface area (Å²) in [4.78, 5) is 19.9. The fourth-order valence-corrected chi connectivity index (χ4v) is 4.28. The van der Waals surface area contributed by atoms with E-state index in [1.807, 2.05) is 35.0 Å². The van der Waals surface area contributed by atoms with E-state index in [2.05, 4.69) is 41.1 Å². The second-order valence-electron chi connectivity index (χ2n) is 7.80. The van der Waals surface area contributed by atoms with Crippen LogP contribution in [0, 0.1) is 5.82 Å². The molecule has 0 saturated carbocycles. The molecule has 2 aliphatic rings. The maximum absolute atomic E-state index is 14.4. The minimum Gasteiger partial charge on any atom is -0.378 e. The molecule has 10 heteroatoms. The highest BCUT2D eigenvalue weighted by atomic mass is 79.9. The van der Waals surface area contributed by atoms with Gasteiger partial charge < -0.3 is 24.8 Å². The number of aromatic nitrogens is 3. The van der Waals surface area contributed by atoms with Crippen LogP contribution in [0.1, 0.15) is 5.56 Å². The highest BCUT2D eigenvalue weighted by Crippen LogP contribution is 2.31. The third-order valence-corrected chi connectivity index (χ3v) is 6.03. The zero-order valence-corrected chi connectivity index (χ0v) is 19.2. The van der Waals surface area contributed by atoms with Gasteiger partial charge in [0.2, 0.25) is 5.95 Å². The zero-order chi connectivity index (χ0) is 22.1. The number of pyridine rings is 1. The molecule has 0 aliphatic carbocycles. The molecule has 0 spiro atoms. The van der Waals surface area contributed by atoms with E-state index < -0.39 is 0 Å². The SMILES string of the molecule is CN1CN(c2ccc(Br)cc2F)Cc2cnc(Nc3ccc(N4CCOCC4)nc3)nc21. The molecule has 1 aromatic carbocycles. The second kappa shape index (κ2) is 8.87. The van der Waals surface area contributed by atoms with Crippen molar-refractivity contribution in [3.63, 3.8) is 0 Å².